The standard InChI is InChI=1S/C13H24N4O2S/c1-2-11-5-3-4-6-13(11)16-20(18,19)12-9-15-17(10-12)8-7-14/h9-11,13,16H,2-8,14H2,1H3. The SMILES string of the molecule is CCC1CCCCC1NS(=O)(=O)c1cnn(CCN)c1. The van der Waals surface area contributed by atoms with Crippen molar-refractivity contribution in [2.45, 2.75) is 56.5 Å². The fraction of sp³-hybridized carbons (Fsp3) is 0.769. The molecule has 2 unspecified atom stereocenters. The average Bonchev–Trinajstić information content (AvgIpc) is 2.89. The highest BCUT2D eigenvalue weighted by molar-refractivity contribution is 7.89. The van der Waals surface area contributed by atoms with Crippen LogP contribution in [0.3, 0.4) is 0 Å². The Kier molecular flexibility index (Phi) is 5.17. The lowest BCUT2D eigenvalue weighted by Gasteiger charge is -2.31. The maximum atomic E-state index is 12.4. The Morgan fingerprint density at radius 3 is 2.90 bits per heavy atom. The van der Waals surface area contributed by atoms with E-state index in [1.807, 2.05) is 0 Å². The second-order valence-electron chi connectivity index (χ2n) is 5.41. The molecule has 2 rings (SSSR count). The highest BCUT2D eigenvalue weighted by Gasteiger charge is 2.28. The first-order chi connectivity index (χ1) is 9.56. The van der Waals surface area contributed by atoms with E-state index in [9.17, 15) is 8.42 Å². The van der Waals surface area contributed by atoms with Gasteiger partial charge in [0.05, 0.1) is 12.7 Å². The summed E-state index contributed by atoms with van der Waals surface area (Å²) in [7, 11) is -3.47. The van der Waals surface area contributed by atoms with Crippen molar-refractivity contribution < 1.29 is 8.42 Å². The molecule has 1 aromatic heterocycles. The van der Waals surface area contributed by atoms with E-state index in [0.717, 1.165) is 25.7 Å². The first kappa shape index (κ1) is 15.5. The third kappa shape index (κ3) is 3.59. The summed E-state index contributed by atoms with van der Waals surface area (Å²) in [6.07, 6.45) is 8.27. The lowest BCUT2D eigenvalue weighted by molar-refractivity contribution is 0.282. The third-order valence-corrected chi connectivity index (χ3v) is 5.46. The van der Waals surface area contributed by atoms with Gasteiger partial charge in [0.25, 0.3) is 0 Å². The molecule has 1 aliphatic carbocycles. The molecule has 6 nitrogen and oxygen atoms in total. The van der Waals surface area contributed by atoms with Crippen LogP contribution < -0.4 is 10.5 Å². The van der Waals surface area contributed by atoms with E-state index < -0.39 is 10.0 Å². The van der Waals surface area contributed by atoms with Crippen LogP contribution in [0.5, 0.6) is 0 Å². The number of aromatic nitrogens is 2. The molecule has 1 saturated carbocycles. The van der Waals surface area contributed by atoms with Crippen LogP contribution in [0.15, 0.2) is 17.3 Å². The number of nitrogens with one attached hydrogen (secondary N) is 1. The first-order valence-corrected chi connectivity index (χ1v) is 8.80. The predicted octanol–water partition coefficient (Wildman–Crippen LogP) is 1.09. The Morgan fingerprint density at radius 1 is 1.45 bits per heavy atom. The van der Waals surface area contributed by atoms with Crippen LogP contribution in [0.4, 0.5) is 0 Å². The van der Waals surface area contributed by atoms with Crippen molar-refractivity contribution in [1.82, 2.24) is 14.5 Å². The molecular formula is C13H24N4O2S. The molecule has 0 aromatic carbocycles. The fourth-order valence-electron chi connectivity index (χ4n) is 2.86. The second-order valence-corrected chi connectivity index (χ2v) is 7.12. The molecule has 0 aliphatic heterocycles. The number of sulfonamides is 1. The zero-order valence-electron chi connectivity index (χ0n) is 12.0. The van der Waals surface area contributed by atoms with E-state index in [1.54, 1.807) is 10.9 Å². The molecule has 0 bridgehead atoms. The molecule has 7 heteroatoms. The average molecular weight is 300 g/mol. The van der Waals surface area contributed by atoms with Crippen LogP contribution in [0.2, 0.25) is 0 Å². The highest BCUT2D eigenvalue weighted by atomic mass is 32.2. The Balaban J connectivity index is 2.09. The summed E-state index contributed by atoms with van der Waals surface area (Å²) >= 11 is 0. The fourth-order valence-corrected chi connectivity index (χ4v) is 4.15. The molecule has 0 spiro atoms. The molecule has 114 valence electrons. The Hall–Kier alpha value is -0.920. The van der Waals surface area contributed by atoms with Gasteiger partial charge >= 0.3 is 0 Å². The number of hydrogen-bond donors (Lipinski definition) is 2. The summed E-state index contributed by atoms with van der Waals surface area (Å²) in [6, 6.07) is 0.0524. The van der Waals surface area contributed by atoms with Gasteiger partial charge < -0.3 is 5.73 Å². The smallest absolute Gasteiger partial charge is 0.243 e. The Bertz CT molecular complexity index is 526. The largest absolute Gasteiger partial charge is 0.329 e. The van der Waals surface area contributed by atoms with Crippen LogP contribution >= 0.6 is 0 Å². The van der Waals surface area contributed by atoms with Gasteiger partial charge in [0.2, 0.25) is 10.0 Å². The van der Waals surface area contributed by atoms with E-state index in [0.29, 0.717) is 19.0 Å². The molecule has 1 fully saturated rings. The van der Waals surface area contributed by atoms with Crippen molar-refractivity contribution in [3.8, 4) is 0 Å². The summed E-state index contributed by atoms with van der Waals surface area (Å²) in [4.78, 5) is 0.228. The Labute approximate surface area is 120 Å². The third-order valence-electron chi connectivity index (χ3n) is 4.02. The molecule has 0 radical (unpaired) electrons. The number of nitrogens with zero attached hydrogens (tertiary/aromatic N) is 2. The molecule has 0 saturated heterocycles. The maximum absolute atomic E-state index is 12.4. The van der Waals surface area contributed by atoms with Crippen LogP contribution in [-0.2, 0) is 16.6 Å². The van der Waals surface area contributed by atoms with Gasteiger partial charge in [-0.05, 0) is 18.8 Å². The highest BCUT2D eigenvalue weighted by Crippen LogP contribution is 2.28. The van der Waals surface area contributed by atoms with Gasteiger partial charge in [-0.1, -0.05) is 26.2 Å². The number of rotatable bonds is 6. The molecule has 2 atom stereocenters. The van der Waals surface area contributed by atoms with Gasteiger partial charge in [-0.15, -0.1) is 0 Å². The minimum Gasteiger partial charge on any atom is -0.329 e. The van der Waals surface area contributed by atoms with Crippen molar-refractivity contribution in [2.75, 3.05) is 6.54 Å². The van der Waals surface area contributed by atoms with E-state index in [4.69, 9.17) is 5.73 Å². The van der Waals surface area contributed by atoms with Crippen LogP contribution in [0.1, 0.15) is 39.0 Å². The quantitative estimate of drug-likeness (QED) is 0.823. The molecule has 1 aromatic rings. The monoisotopic (exact) mass is 300 g/mol. The molecule has 3 N–H and O–H groups in total. The minimum atomic E-state index is -3.47. The van der Waals surface area contributed by atoms with Gasteiger partial charge in [-0.3, -0.25) is 4.68 Å². The molecule has 20 heavy (non-hydrogen) atoms. The molecule has 1 aliphatic rings. The summed E-state index contributed by atoms with van der Waals surface area (Å²) in [5.74, 6) is 0.442. The zero-order valence-corrected chi connectivity index (χ0v) is 12.8. The zero-order chi connectivity index (χ0) is 14.6. The minimum absolute atomic E-state index is 0.0524. The van der Waals surface area contributed by atoms with E-state index in [2.05, 4.69) is 16.7 Å². The van der Waals surface area contributed by atoms with Crippen molar-refractivity contribution in [3.63, 3.8) is 0 Å². The summed E-state index contributed by atoms with van der Waals surface area (Å²) in [5.41, 5.74) is 5.44. The van der Waals surface area contributed by atoms with E-state index in [-0.39, 0.29) is 10.9 Å². The van der Waals surface area contributed by atoms with Crippen molar-refractivity contribution in [3.05, 3.63) is 12.4 Å². The summed E-state index contributed by atoms with van der Waals surface area (Å²) in [5, 5.41) is 4.02. The van der Waals surface area contributed by atoms with Gasteiger partial charge in [0.1, 0.15) is 4.90 Å². The van der Waals surface area contributed by atoms with Gasteiger partial charge in [-0.2, -0.15) is 5.10 Å². The van der Waals surface area contributed by atoms with E-state index in [1.165, 1.54) is 12.6 Å². The van der Waals surface area contributed by atoms with Gasteiger partial charge in [0, 0.05) is 18.8 Å². The van der Waals surface area contributed by atoms with E-state index >= 15 is 0 Å². The topological polar surface area (TPSA) is 90.0 Å². The second kappa shape index (κ2) is 6.69. The van der Waals surface area contributed by atoms with Crippen LogP contribution in [0, 0.1) is 5.92 Å². The Morgan fingerprint density at radius 2 is 2.20 bits per heavy atom. The molecule has 1 heterocycles. The molecular weight excluding hydrogens is 276 g/mol. The van der Waals surface area contributed by atoms with Crippen molar-refractivity contribution >= 4 is 10.0 Å². The van der Waals surface area contributed by atoms with Crippen LogP contribution in [-0.4, -0.2) is 30.8 Å². The number of hydrogen-bond acceptors (Lipinski definition) is 4. The van der Waals surface area contributed by atoms with Gasteiger partial charge in [0.15, 0.2) is 0 Å². The predicted molar refractivity (Wildman–Crippen MR) is 77.6 cm³/mol. The number of nitrogens with two attached hydrogens (primary N) is 1. The molecule has 0 amide bonds. The summed E-state index contributed by atoms with van der Waals surface area (Å²) < 4.78 is 29.2. The lowest BCUT2D eigenvalue weighted by atomic mass is 9.83. The van der Waals surface area contributed by atoms with Gasteiger partial charge in [-0.25, -0.2) is 13.1 Å². The first-order valence-electron chi connectivity index (χ1n) is 7.31. The lowest BCUT2D eigenvalue weighted by Crippen LogP contribution is -2.41. The summed E-state index contributed by atoms with van der Waals surface area (Å²) in [6.45, 7) is 3.09. The van der Waals surface area contributed by atoms with Crippen molar-refractivity contribution in [2.24, 2.45) is 11.7 Å². The van der Waals surface area contributed by atoms with Crippen molar-refractivity contribution in [1.29, 1.82) is 0 Å². The maximum Gasteiger partial charge on any atom is 0.243 e. The van der Waals surface area contributed by atoms with Crippen LogP contribution in [0.25, 0.3) is 0 Å². The normalized spacial score (nSPS) is 23.9.